The van der Waals surface area contributed by atoms with Crippen molar-refractivity contribution in [1.29, 1.82) is 0 Å². The molecule has 0 saturated carbocycles. The molecule has 0 unspecified atom stereocenters. The van der Waals surface area contributed by atoms with Gasteiger partial charge in [-0.05, 0) is 23.7 Å². The molecule has 1 saturated heterocycles. The van der Waals surface area contributed by atoms with Gasteiger partial charge in [-0.2, -0.15) is 0 Å². The maximum Gasteiger partial charge on any atom is 0.133 e. The van der Waals surface area contributed by atoms with Crippen molar-refractivity contribution >= 4 is 18.7 Å². The van der Waals surface area contributed by atoms with Crippen molar-refractivity contribution in [1.82, 2.24) is 0 Å². The molecule has 1 fully saturated rings. The molecule has 112 valence electrons. The Morgan fingerprint density at radius 2 is 1.26 bits per heavy atom. The summed E-state index contributed by atoms with van der Waals surface area (Å²) in [5, 5.41) is 0. The van der Waals surface area contributed by atoms with Crippen LogP contribution in [0.3, 0.4) is 0 Å². The van der Waals surface area contributed by atoms with E-state index in [0.29, 0.717) is 0 Å². The number of hydrogen-bond acceptors (Lipinski definition) is 0. The van der Waals surface area contributed by atoms with E-state index in [9.17, 15) is 25.2 Å². The maximum absolute atomic E-state index is 10.7. The first-order chi connectivity index (χ1) is 8.40. The van der Waals surface area contributed by atoms with Gasteiger partial charge in [-0.15, -0.1) is 0 Å². The van der Waals surface area contributed by atoms with Crippen molar-refractivity contribution in [2.24, 2.45) is 0 Å². The molecular weight excluding hydrogens is 309 g/mol. The molecule has 0 amide bonds. The predicted octanol–water partition coefficient (Wildman–Crippen LogP) is 5.98. The second-order valence-corrected chi connectivity index (χ2v) is 8.56. The zero-order valence-electron chi connectivity index (χ0n) is 10.0. The zero-order chi connectivity index (χ0) is 14.6. The molecule has 1 aliphatic heterocycles. The average Bonchev–Trinajstić information content (AvgIpc) is 2.67. The van der Waals surface area contributed by atoms with Crippen molar-refractivity contribution < 1.29 is 25.2 Å². The summed E-state index contributed by atoms with van der Waals surface area (Å²) >= 11 is 0. The largest absolute Gasteiger partial charge is 0.133 e. The predicted molar refractivity (Wildman–Crippen MR) is 70.0 cm³/mol. The molecule has 1 aromatic carbocycles. The van der Waals surface area contributed by atoms with Crippen LogP contribution in [0.2, 0.25) is 0 Å². The molecule has 0 radical (unpaired) electrons. The van der Waals surface area contributed by atoms with Gasteiger partial charge in [0, 0.05) is 5.56 Å². The second kappa shape index (κ2) is 5.17. The third kappa shape index (κ3) is 12.4. The normalized spacial score (nSPS) is 20.1. The first kappa shape index (κ1) is 16.6. The van der Waals surface area contributed by atoms with Crippen LogP contribution in [0, 0.1) is 0 Å². The van der Waals surface area contributed by atoms with E-state index in [1.807, 2.05) is 0 Å². The van der Waals surface area contributed by atoms with Crippen molar-refractivity contribution in [3.05, 3.63) is 35.9 Å². The molecule has 0 bridgehead atoms. The summed E-state index contributed by atoms with van der Waals surface area (Å²) in [6.45, 7) is 0. The first-order valence-corrected chi connectivity index (χ1v) is 9.40. The van der Waals surface area contributed by atoms with Crippen LogP contribution in [0.1, 0.15) is 18.4 Å². The third-order valence-corrected chi connectivity index (χ3v) is 4.80. The summed E-state index contributed by atoms with van der Waals surface area (Å²) in [5.41, 5.74) is 1.53. The Hall–Kier alpha value is -0.420. The second-order valence-electron chi connectivity index (χ2n) is 4.32. The first-order valence-electron chi connectivity index (χ1n) is 5.64. The van der Waals surface area contributed by atoms with E-state index in [-0.39, 0.29) is 0 Å². The number of hydrogen-bond donors (Lipinski definition) is 0. The van der Waals surface area contributed by atoms with E-state index < -0.39 is 7.81 Å². The standard InChI is InChI=1S/C11H15S.F6P/c1-2-6-11(7-3-1)10-12-8-4-5-9-12;1-7(2,3,4,5)6/h1-3,6-7H,4-5,8-10H2;/q+1;-1. The summed E-state index contributed by atoms with van der Waals surface area (Å²) in [7, 11) is -9.94. The van der Waals surface area contributed by atoms with Gasteiger partial charge in [0.25, 0.3) is 0 Å². The van der Waals surface area contributed by atoms with Crippen molar-refractivity contribution in [2.75, 3.05) is 11.5 Å². The van der Waals surface area contributed by atoms with Crippen LogP contribution in [0.5, 0.6) is 0 Å². The van der Waals surface area contributed by atoms with E-state index in [4.69, 9.17) is 0 Å². The average molecular weight is 324 g/mol. The zero-order valence-corrected chi connectivity index (χ0v) is 11.8. The van der Waals surface area contributed by atoms with E-state index in [0.717, 1.165) is 10.9 Å². The van der Waals surface area contributed by atoms with Crippen LogP contribution in [0.25, 0.3) is 0 Å². The third-order valence-electron chi connectivity index (χ3n) is 2.33. The minimum atomic E-state index is -10.7. The van der Waals surface area contributed by atoms with Crippen LogP contribution in [-0.2, 0) is 16.6 Å². The van der Waals surface area contributed by atoms with Gasteiger partial charge in [-0.3, -0.25) is 0 Å². The van der Waals surface area contributed by atoms with Gasteiger partial charge in [-0.25, -0.2) is 0 Å². The van der Waals surface area contributed by atoms with E-state index >= 15 is 0 Å². The fourth-order valence-corrected chi connectivity index (χ4v) is 4.05. The van der Waals surface area contributed by atoms with Crippen molar-refractivity contribution in [3.63, 3.8) is 0 Å². The fourth-order valence-electron chi connectivity index (χ4n) is 1.67. The molecular formula is C11H15F6PS. The Morgan fingerprint density at radius 3 is 1.68 bits per heavy atom. The van der Waals surface area contributed by atoms with Gasteiger partial charge in [0.1, 0.15) is 17.3 Å². The minimum absolute atomic E-state index is 0.722. The Morgan fingerprint density at radius 1 is 0.842 bits per heavy atom. The molecule has 0 aliphatic carbocycles. The Labute approximate surface area is 110 Å². The Balaban J connectivity index is 0.000000224. The number of benzene rings is 1. The quantitative estimate of drug-likeness (QED) is 0.356. The van der Waals surface area contributed by atoms with Crippen LogP contribution in [-0.4, -0.2) is 11.5 Å². The fraction of sp³-hybridized carbons (Fsp3) is 0.455. The minimum Gasteiger partial charge on any atom is -0.0622 e. The molecule has 1 aromatic rings. The molecule has 0 atom stereocenters. The molecule has 0 N–H and O–H groups in total. The van der Waals surface area contributed by atoms with Gasteiger partial charge in [0.15, 0.2) is 0 Å². The molecule has 2 rings (SSSR count). The monoisotopic (exact) mass is 324 g/mol. The van der Waals surface area contributed by atoms with Gasteiger partial charge < -0.3 is 0 Å². The molecule has 1 heterocycles. The molecule has 8 heteroatoms. The summed E-state index contributed by atoms with van der Waals surface area (Å²) in [5.74, 6) is 4.30. The summed E-state index contributed by atoms with van der Waals surface area (Å²) in [4.78, 5) is 0. The van der Waals surface area contributed by atoms with Gasteiger partial charge in [-0.1, -0.05) is 30.3 Å². The van der Waals surface area contributed by atoms with E-state index in [2.05, 4.69) is 30.3 Å². The summed E-state index contributed by atoms with van der Waals surface area (Å²) in [6, 6.07) is 10.9. The van der Waals surface area contributed by atoms with Crippen LogP contribution >= 0.6 is 7.81 Å². The maximum atomic E-state index is 9.87. The van der Waals surface area contributed by atoms with Crippen molar-refractivity contribution in [2.45, 2.75) is 18.6 Å². The smallest absolute Gasteiger partial charge is 0.0622 e. The van der Waals surface area contributed by atoms with Crippen LogP contribution in [0.15, 0.2) is 30.3 Å². The van der Waals surface area contributed by atoms with E-state index in [1.165, 1.54) is 35.7 Å². The van der Waals surface area contributed by atoms with Crippen LogP contribution < -0.4 is 0 Å². The molecule has 0 spiro atoms. The van der Waals surface area contributed by atoms with Gasteiger partial charge in [0.2, 0.25) is 0 Å². The Kier molecular flexibility index (Phi) is 4.52. The number of rotatable bonds is 2. The SMILES string of the molecule is F[P-](F)(F)(F)(F)F.c1ccc(C[S+]2CCCC2)cc1. The van der Waals surface area contributed by atoms with Crippen molar-refractivity contribution in [3.8, 4) is 0 Å². The Bertz CT molecular complexity index is 383. The van der Waals surface area contributed by atoms with Gasteiger partial charge in [0.05, 0.1) is 0 Å². The topological polar surface area (TPSA) is 0 Å². The molecule has 1 aliphatic rings. The van der Waals surface area contributed by atoms with Gasteiger partial charge >= 0.3 is 33.0 Å². The molecule has 0 nitrogen and oxygen atoms in total. The summed E-state index contributed by atoms with van der Waals surface area (Å²) in [6.07, 6.45) is 2.94. The van der Waals surface area contributed by atoms with E-state index in [1.54, 1.807) is 0 Å². The molecule has 0 aromatic heterocycles. The molecule has 19 heavy (non-hydrogen) atoms. The number of halogens is 6. The van der Waals surface area contributed by atoms with Crippen LogP contribution in [0.4, 0.5) is 25.2 Å². The summed E-state index contributed by atoms with van der Waals surface area (Å²) < 4.78 is 59.2.